The van der Waals surface area contributed by atoms with Crippen LogP contribution in [-0.4, -0.2) is 24.8 Å². The van der Waals surface area contributed by atoms with Gasteiger partial charge in [-0.15, -0.1) is 11.8 Å². The zero-order valence-corrected chi connectivity index (χ0v) is 33.0. The summed E-state index contributed by atoms with van der Waals surface area (Å²) in [6.45, 7) is 21.5. The molecule has 0 aliphatic heterocycles. The van der Waals surface area contributed by atoms with Crippen molar-refractivity contribution in [1.82, 2.24) is 0 Å². The Labute approximate surface area is 328 Å². The number of hydrazone groups is 1. The van der Waals surface area contributed by atoms with E-state index in [1.165, 1.54) is 11.1 Å². The van der Waals surface area contributed by atoms with Crippen LogP contribution in [0.2, 0.25) is 0 Å². The summed E-state index contributed by atoms with van der Waals surface area (Å²) in [4.78, 5) is 12.1. The SMILES string of the molecule is C=CC=C.C=NC(/C=C\C(=C)C)=C(\SCc1ccccc1)N(CCCC1=CC=CCC1)c1cccc(C(=NC(=N\N)/C(/C=C\C)=C/C)c2ccccc2)c1. The van der Waals surface area contributed by atoms with Crippen molar-refractivity contribution in [2.24, 2.45) is 20.9 Å². The third-order valence-electron chi connectivity index (χ3n) is 8.26. The molecule has 0 amide bonds. The monoisotopic (exact) mass is 733 g/mol. The first-order valence-electron chi connectivity index (χ1n) is 18.3. The largest absolute Gasteiger partial charge is 0.334 e. The van der Waals surface area contributed by atoms with Gasteiger partial charge in [-0.25, -0.2) is 4.99 Å². The molecule has 3 aromatic carbocycles. The Hall–Kier alpha value is -5.72. The Morgan fingerprint density at radius 2 is 1.61 bits per heavy atom. The number of rotatable bonds is 17. The molecule has 3 aromatic rings. The fraction of sp³-hybridized carbons (Fsp3) is 0.188. The molecule has 0 fully saturated rings. The van der Waals surface area contributed by atoms with Gasteiger partial charge in [-0.05, 0) is 76.9 Å². The van der Waals surface area contributed by atoms with E-state index < -0.39 is 0 Å². The molecule has 0 atom stereocenters. The summed E-state index contributed by atoms with van der Waals surface area (Å²) < 4.78 is 0. The highest BCUT2D eigenvalue weighted by molar-refractivity contribution is 8.02. The quantitative estimate of drug-likeness (QED) is 0.0494. The topological polar surface area (TPSA) is 66.3 Å². The van der Waals surface area contributed by atoms with Crippen LogP contribution in [0.3, 0.4) is 0 Å². The highest BCUT2D eigenvalue weighted by atomic mass is 32.2. The Bertz CT molecular complexity index is 1930. The van der Waals surface area contributed by atoms with E-state index in [-0.39, 0.29) is 0 Å². The second-order valence-electron chi connectivity index (χ2n) is 12.4. The van der Waals surface area contributed by atoms with Crippen molar-refractivity contribution in [2.45, 2.75) is 52.2 Å². The van der Waals surface area contributed by atoms with E-state index in [0.717, 1.165) is 82.4 Å². The maximum Gasteiger partial charge on any atom is 0.178 e. The van der Waals surface area contributed by atoms with Gasteiger partial charge in [0.1, 0.15) is 5.03 Å². The van der Waals surface area contributed by atoms with Crippen LogP contribution < -0.4 is 10.7 Å². The first kappa shape index (κ1) is 42.7. The van der Waals surface area contributed by atoms with Crippen molar-refractivity contribution in [1.29, 1.82) is 0 Å². The van der Waals surface area contributed by atoms with Gasteiger partial charge in [-0.1, -0.05) is 158 Å². The van der Waals surface area contributed by atoms with Crippen molar-refractivity contribution in [2.75, 3.05) is 11.4 Å². The molecule has 278 valence electrons. The predicted molar refractivity (Wildman–Crippen MR) is 240 cm³/mol. The molecule has 0 unspecified atom stereocenters. The summed E-state index contributed by atoms with van der Waals surface area (Å²) in [5, 5.41) is 5.14. The number of anilines is 1. The highest BCUT2D eigenvalue weighted by Gasteiger charge is 2.20. The molecular weight excluding hydrogens is 679 g/mol. The molecule has 0 aromatic heterocycles. The molecular formula is C48H55N5S. The lowest BCUT2D eigenvalue weighted by atomic mass is 10.00. The number of amidine groups is 1. The van der Waals surface area contributed by atoms with E-state index in [0.29, 0.717) is 5.84 Å². The van der Waals surface area contributed by atoms with Gasteiger partial charge in [0.05, 0.1) is 11.4 Å². The summed E-state index contributed by atoms with van der Waals surface area (Å²) in [5.41, 5.74) is 9.07. The fourth-order valence-corrected chi connectivity index (χ4v) is 6.70. The van der Waals surface area contributed by atoms with Gasteiger partial charge < -0.3 is 10.7 Å². The van der Waals surface area contributed by atoms with E-state index in [1.54, 1.807) is 23.9 Å². The number of thioether (sulfide) groups is 1. The van der Waals surface area contributed by atoms with Gasteiger partial charge in [-0.2, -0.15) is 5.10 Å². The van der Waals surface area contributed by atoms with Crippen LogP contribution in [-0.2, 0) is 5.75 Å². The normalized spacial score (nSPS) is 13.8. The molecule has 1 aliphatic carbocycles. The lowest BCUT2D eigenvalue weighted by Crippen LogP contribution is -2.24. The van der Waals surface area contributed by atoms with Crippen LogP contribution in [0.5, 0.6) is 0 Å². The number of nitrogens with zero attached hydrogens (tertiary/aromatic N) is 4. The number of allylic oxidation sites excluding steroid dienone is 11. The van der Waals surface area contributed by atoms with Crippen molar-refractivity contribution in [3.05, 3.63) is 210 Å². The molecule has 54 heavy (non-hydrogen) atoms. The zero-order chi connectivity index (χ0) is 39.0. The summed E-state index contributed by atoms with van der Waals surface area (Å²) >= 11 is 1.77. The molecule has 5 nitrogen and oxygen atoms in total. The van der Waals surface area contributed by atoms with Crippen LogP contribution in [0, 0.1) is 0 Å². The smallest absolute Gasteiger partial charge is 0.178 e. The summed E-state index contributed by atoms with van der Waals surface area (Å²) in [6.07, 6.45) is 24.1. The van der Waals surface area contributed by atoms with Crippen LogP contribution in [0.4, 0.5) is 5.69 Å². The van der Waals surface area contributed by atoms with Gasteiger partial charge in [0, 0.05) is 34.7 Å². The predicted octanol–water partition coefficient (Wildman–Crippen LogP) is 12.5. The fourth-order valence-electron chi connectivity index (χ4n) is 5.57. The Kier molecular flexibility index (Phi) is 19.4. The number of hydrogen-bond donors (Lipinski definition) is 1. The molecule has 0 bridgehead atoms. The standard InChI is InChI=1S/C44H49N5S.C4H6/c1-6-19-37(7-2)43(48-45)47-42(38-25-15-10-16-26-38)39-27-17-28-40(32-39)49(31-18-24-35-20-11-8-12-21-35)44(41(46-5)30-29-34(3)4)50-33-36-22-13-9-14-23-36;1-3-4-2/h6-11,13-17,19-20,22-23,25-30,32H,3,5,12,18,21,24,31,33,45H2,1-2,4H3;3-4H,1-2H2/b19-6-,30-29-,37-7+,44-41-,47-42?,48-43-;. The molecule has 0 heterocycles. The van der Waals surface area contributed by atoms with Crippen LogP contribution in [0.1, 0.15) is 63.1 Å². The van der Waals surface area contributed by atoms with Crippen molar-refractivity contribution in [3.63, 3.8) is 0 Å². The van der Waals surface area contributed by atoms with E-state index in [2.05, 4.69) is 126 Å². The van der Waals surface area contributed by atoms with Gasteiger partial charge in [0.25, 0.3) is 0 Å². The van der Waals surface area contributed by atoms with Crippen molar-refractivity contribution in [3.8, 4) is 0 Å². The molecule has 4 rings (SSSR count). The van der Waals surface area contributed by atoms with Gasteiger partial charge in [0.15, 0.2) is 5.84 Å². The third-order valence-corrected chi connectivity index (χ3v) is 9.44. The Balaban J connectivity index is 0.00000186. The molecule has 6 heteroatoms. The number of nitrogens with two attached hydrogens (primary N) is 1. The Morgan fingerprint density at radius 3 is 2.20 bits per heavy atom. The van der Waals surface area contributed by atoms with Crippen LogP contribution in [0.15, 0.2) is 208 Å². The molecule has 0 radical (unpaired) electrons. The maximum atomic E-state index is 5.95. The molecule has 0 saturated carbocycles. The third kappa shape index (κ3) is 14.0. The van der Waals surface area contributed by atoms with Gasteiger partial charge in [0.2, 0.25) is 0 Å². The molecule has 0 saturated heterocycles. The van der Waals surface area contributed by atoms with Crippen LogP contribution >= 0.6 is 11.8 Å². The first-order chi connectivity index (χ1) is 26.4. The average molecular weight is 734 g/mol. The molecule has 2 N–H and O–H groups in total. The first-order valence-corrected chi connectivity index (χ1v) is 19.3. The van der Waals surface area contributed by atoms with E-state index in [9.17, 15) is 0 Å². The second-order valence-corrected chi connectivity index (χ2v) is 13.4. The van der Waals surface area contributed by atoms with Crippen molar-refractivity contribution >= 4 is 35.7 Å². The minimum absolute atomic E-state index is 0.462. The number of aliphatic imine (C=N–C) groups is 2. The Morgan fingerprint density at radius 1 is 0.907 bits per heavy atom. The minimum Gasteiger partial charge on any atom is -0.334 e. The van der Waals surface area contributed by atoms with Crippen molar-refractivity contribution < 1.29 is 0 Å². The molecule has 0 spiro atoms. The highest BCUT2D eigenvalue weighted by Crippen LogP contribution is 2.35. The minimum atomic E-state index is 0.462. The lowest BCUT2D eigenvalue weighted by Gasteiger charge is -2.29. The summed E-state index contributed by atoms with van der Waals surface area (Å²) in [5.74, 6) is 7.19. The number of hydrogen-bond acceptors (Lipinski definition) is 5. The zero-order valence-electron chi connectivity index (χ0n) is 32.2. The average Bonchev–Trinajstić information content (AvgIpc) is 3.22. The van der Waals surface area contributed by atoms with Crippen LogP contribution in [0.25, 0.3) is 0 Å². The second kappa shape index (κ2) is 24.5. The molecule has 1 aliphatic rings. The van der Waals surface area contributed by atoms with E-state index in [1.807, 2.05) is 69.4 Å². The van der Waals surface area contributed by atoms with Gasteiger partial charge >= 0.3 is 0 Å². The van der Waals surface area contributed by atoms with E-state index in [4.69, 9.17) is 10.8 Å². The lowest BCUT2D eigenvalue weighted by molar-refractivity contribution is 0.756. The summed E-state index contributed by atoms with van der Waals surface area (Å²) in [7, 11) is 0. The van der Waals surface area contributed by atoms with Gasteiger partial charge in [-0.3, -0.25) is 4.99 Å². The van der Waals surface area contributed by atoms with E-state index >= 15 is 0 Å². The number of benzene rings is 3. The summed E-state index contributed by atoms with van der Waals surface area (Å²) in [6, 6.07) is 29.3. The maximum absolute atomic E-state index is 5.95.